The molecule has 0 radical (unpaired) electrons. The van der Waals surface area contributed by atoms with Gasteiger partial charge in [0.2, 0.25) is 0 Å². The molecule has 9 atom stereocenters. The van der Waals surface area contributed by atoms with Crippen molar-refractivity contribution >= 4 is 17.7 Å². The van der Waals surface area contributed by atoms with Crippen LogP contribution in [-0.2, 0) is 23.9 Å². The highest BCUT2D eigenvalue weighted by molar-refractivity contribution is 5.81. The number of fused-ring (bicyclic) bond motifs is 5. The molecule has 36 heavy (non-hydrogen) atoms. The van der Waals surface area contributed by atoms with Crippen LogP contribution in [0.4, 0.5) is 0 Å². The summed E-state index contributed by atoms with van der Waals surface area (Å²) in [5, 5.41) is 0. The minimum absolute atomic E-state index is 0.00232. The molecule has 4 rings (SSSR count). The Balaban J connectivity index is 1.60. The van der Waals surface area contributed by atoms with Crippen molar-refractivity contribution in [3.8, 4) is 0 Å². The molecule has 0 spiro atoms. The van der Waals surface area contributed by atoms with E-state index < -0.39 is 0 Å². The Labute approximate surface area is 217 Å². The van der Waals surface area contributed by atoms with E-state index in [0.717, 1.165) is 56.9 Å². The van der Waals surface area contributed by atoms with Crippen LogP contribution in [0.25, 0.3) is 0 Å². The number of hydrogen-bond donors (Lipinski definition) is 0. The molecule has 0 amide bonds. The van der Waals surface area contributed by atoms with Crippen LogP contribution in [0.3, 0.4) is 0 Å². The smallest absolute Gasteiger partial charge is 0.302 e. The van der Waals surface area contributed by atoms with E-state index in [1.807, 2.05) is 6.92 Å². The van der Waals surface area contributed by atoms with Crippen LogP contribution >= 0.6 is 0 Å². The lowest BCUT2D eigenvalue weighted by atomic mass is 9.47. The Morgan fingerprint density at radius 3 is 2.36 bits per heavy atom. The molecule has 0 saturated heterocycles. The van der Waals surface area contributed by atoms with Crippen LogP contribution in [0.2, 0.25) is 0 Å². The number of carbonyl (C=O) groups is 3. The van der Waals surface area contributed by atoms with Gasteiger partial charge < -0.3 is 9.47 Å². The first-order valence-corrected chi connectivity index (χ1v) is 14.1. The van der Waals surface area contributed by atoms with E-state index in [1.165, 1.54) is 19.4 Å². The van der Waals surface area contributed by atoms with E-state index >= 15 is 0 Å². The summed E-state index contributed by atoms with van der Waals surface area (Å²) in [7, 11) is 0. The van der Waals surface area contributed by atoms with Gasteiger partial charge in [0.25, 0.3) is 0 Å². The molecule has 0 unspecified atom stereocenters. The Morgan fingerprint density at radius 2 is 1.72 bits per heavy atom. The van der Waals surface area contributed by atoms with Crippen molar-refractivity contribution in [2.75, 3.05) is 0 Å². The molecule has 0 aromatic heterocycles. The standard InChI is InChI=1S/C31H46O5/c1-18(2)8-11-27(34)19(3)29-28(36-21(5)33)17-26-24-10-9-22-16-23(35-20(4)32)12-14-30(22,6)25(24)13-15-31(26,29)7/h9,19,23-26,28-29H,1,8,10-17H2,2-7H3/t19-,23+,24-,25+,26+,28+,29+,30+,31+/m1/s1. The van der Waals surface area contributed by atoms with Gasteiger partial charge in [0.05, 0.1) is 0 Å². The number of Topliss-reactive ketones (excluding diaryl/α,β-unsaturated/α-hetero) is 1. The minimum atomic E-state index is -0.244. The van der Waals surface area contributed by atoms with Gasteiger partial charge >= 0.3 is 11.9 Å². The average molecular weight is 499 g/mol. The summed E-state index contributed by atoms with van der Waals surface area (Å²) >= 11 is 0. The SMILES string of the molecule is C=C(C)CCC(=O)[C@@H](C)[C@H]1[C@@H](OC(C)=O)C[C@H]2[C@@H]3CC=C4C[C@@H](OC(C)=O)CC[C@]4(C)[C@H]3CC[C@]12C. The summed E-state index contributed by atoms with van der Waals surface area (Å²) in [5.74, 6) is 1.31. The molecule has 5 heteroatoms. The Morgan fingerprint density at radius 1 is 1.03 bits per heavy atom. The van der Waals surface area contributed by atoms with Gasteiger partial charge in [0.1, 0.15) is 18.0 Å². The largest absolute Gasteiger partial charge is 0.462 e. The highest BCUT2D eigenvalue weighted by atomic mass is 16.5. The molecular formula is C31H46O5. The van der Waals surface area contributed by atoms with Crippen molar-refractivity contribution in [3.63, 3.8) is 0 Å². The van der Waals surface area contributed by atoms with E-state index in [0.29, 0.717) is 24.2 Å². The van der Waals surface area contributed by atoms with Crippen molar-refractivity contribution in [1.82, 2.24) is 0 Å². The molecule has 0 N–H and O–H groups in total. The first kappa shape index (κ1) is 27.1. The van der Waals surface area contributed by atoms with Crippen LogP contribution in [0.1, 0.15) is 99.3 Å². The summed E-state index contributed by atoms with van der Waals surface area (Å²) in [6, 6.07) is 0. The molecule has 4 aliphatic carbocycles. The molecule has 3 fully saturated rings. The van der Waals surface area contributed by atoms with Gasteiger partial charge in [-0.05, 0) is 80.5 Å². The van der Waals surface area contributed by atoms with Crippen molar-refractivity contribution in [2.45, 2.75) is 112 Å². The zero-order chi connectivity index (χ0) is 26.4. The first-order chi connectivity index (χ1) is 16.9. The second-order valence-corrected chi connectivity index (χ2v) is 12.9. The molecule has 0 aromatic rings. The number of rotatable bonds is 7. The quantitative estimate of drug-likeness (QED) is 0.292. The van der Waals surface area contributed by atoms with Gasteiger partial charge in [0.15, 0.2) is 0 Å². The van der Waals surface area contributed by atoms with Gasteiger partial charge in [-0.15, -0.1) is 6.58 Å². The van der Waals surface area contributed by atoms with Crippen molar-refractivity contribution in [1.29, 1.82) is 0 Å². The summed E-state index contributed by atoms with van der Waals surface area (Å²) in [6.45, 7) is 15.8. The van der Waals surface area contributed by atoms with Gasteiger partial charge in [-0.1, -0.05) is 38.0 Å². The molecule has 0 aliphatic heterocycles. The normalized spacial score (nSPS) is 40.1. The van der Waals surface area contributed by atoms with Crippen molar-refractivity contribution in [2.24, 2.45) is 40.4 Å². The van der Waals surface area contributed by atoms with Crippen LogP contribution in [0.15, 0.2) is 23.8 Å². The predicted octanol–water partition coefficient (Wildman–Crippen LogP) is 6.60. The zero-order valence-corrected chi connectivity index (χ0v) is 23.2. The maximum atomic E-state index is 13.3. The number of ether oxygens (including phenoxy) is 2. The lowest BCUT2D eigenvalue weighted by Gasteiger charge is -2.58. The highest BCUT2D eigenvalue weighted by Crippen LogP contribution is 2.67. The van der Waals surface area contributed by atoms with E-state index in [2.05, 4.69) is 33.4 Å². The lowest BCUT2D eigenvalue weighted by Crippen LogP contribution is -2.51. The van der Waals surface area contributed by atoms with Gasteiger partial charge in [-0.2, -0.15) is 0 Å². The summed E-state index contributed by atoms with van der Waals surface area (Å²) in [4.78, 5) is 37.0. The maximum absolute atomic E-state index is 13.3. The number of allylic oxidation sites excluding steroid dienone is 2. The lowest BCUT2D eigenvalue weighted by molar-refractivity contribution is -0.153. The second-order valence-electron chi connectivity index (χ2n) is 12.9. The maximum Gasteiger partial charge on any atom is 0.302 e. The highest BCUT2D eigenvalue weighted by Gasteiger charge is 2.63. The third kappa shape index (κ3) is 4.84. The van der Waals surface area contributed by atoms with Gasteiger partial charge in [0, 0.05) is 38.5 Å². The Bertz CT molecular complexity index is 949. The van der Waals surface area contributed by atoms with Crippen molar-refractivity contribution in [3.05, 3.63) is 23.8 Å². The number of carbonyl (C=O) groups excluding carboxylic acids is 3. The van der Waals surface area contributed by atoms with Crippen LogP contribution in [0, 0.1) is 40.4 Å². The van der Waals surface area contributed by atoms with Crippen LogP contribution in [-0.4, -0.2) is 29.9 Å². The Kier molecular flexibility index (Phi) is 7.61. The molecule has 200 valence electrons. The zero-order valence-electron chi connectivity index (χ0n) is 23.2. The van der Waals surface area contributed by atoms with E-state index in [1.54, 1.807) is 0 Å². The molecule has 3 saturated carbocycles. The average Bonchev–Trinajstić information content (AvgIpc) is 3.07. The van der Waals surface area contributed by atoms with E-state index in [4.69, 9.17) is 9.47 Å². The monoisotopic (exact) mass is 498 g/mol. The third-order valence-corrected chi connectivity index (χ3v) is 10.6. The summed E-state index contributed by atoms with van der Waals surface area (Å²) < 4.78 is 11.6. The number of ketones is 1. The molecule has 4 aliphatic rings. The molecular weight excluding hydrogens is 452 g/mol. The predicted molar refractivity (Wildman–Crippen MR) is 140 cm³/mol. The van der Waals surface area contributed by atoms with Crippen molar-refractivity contribution < 1.29 is 23.9 Å². The van der Waals surface area contributed by atoms with Gasteiger partial charge in [-0.25, -0.2) is 0 Å². The molecule has 0 aromatic carbocycles. The number of esters is 2. The summed E-state index contributed by atoms with van der Waals surface area (Å²) in [5.41, 5.74) is 2.62. The third-order valence-electron chi connectivity index (χ3n) is 10.6. The van der Waals surface area contributed by atoms with E-state index in [9.17, 15) is 14.4 Å². The topological polar surface area (TPSA) is 69.7 Å². The fourth-order valence-corrected chi connectivity index (χ4v) is 8.98. The Hall–Kier alpha value is -1.91. The summed E-state index contributed by atoms with van der Waals surface area (Å²) in [6.07, 6.45) is 10.4. The second kappa shape index (κ2) is 10.1. The fraction of sp³-hybridized carbons (Fsp3) is 0.774. The first-order valence-electron chi connectivity index (χ1n) is 14.1. The van der Waals surface area contributed by atoms with Gasteiger partial charge in [-0.3, -0.25) is 14.4 Å². The molecule has 5 nitrogen and oxygen atoms in total. The molecule has 0 bridgehead atoms. The molecule has 0 heterocycles. The van der Waals surface area contributed by atoms with Crippen LogP contribution < -0.4 is 0 Å². The van der Waals surface area contributed by atoms with Crippen LogP contribution in [0.5, 0.6) is 0 Å². The van der Waals surface area contributed by atoms with E-state index in [-0.39, 0.29) is 52.6 Å². The minimum Gasteiger partial charge on any atom is -0.462 e. The fourth-order valence-electron chi connectivity index (χ4n) is 8.98. The number of hydrogen-bond acceptors (Lipinski definition) is 5.